The third kappa shape index (κ3) is 2.21. The normalized spacial score (nSPS) is 22.6. The number of carboxylic acids is 1. The van der Waals surface area contributed by atoms with E-state index in [2.05, 4.69) is 13.1 Å². The van der Waals surface area contributed by atoms with E-state index in [1.165, 1.54) is 0 Å². The summed E-state index contributed by atoms with van der Waals surface area (Å²) >= 11 is 0. The molecule has 1 aliphatic heterocycles. The Morgan fingerprint density at radius 1 is 1.50 bits per heavy atom. The van der Waals surface area contributed by atoms with Gasteiger partial charge in [-0.1, -0.05) is 13.3 Å². The van der Waals surface area contributed by atoms with Gasteiger partial charge >= 0.3 is 22.3 Å². The average molecular weight is 226 g/mol. The lowest BCUT2D eigenvalue weighted by molar-refractivity contribution is -0.334. The number of carbonyl (C=O) groups is 1. The van der Waals surface area contributed by atoms with Gasteiger partial charge in [0.2, 0.25) is 0 Å². The van der Waals surface area contributed by atoms with Gasteiger partial charge in [-0.25, -0.2) is 4.79 Å². The van der Waals surface area contributed by atoms with Crippen LogP contribution in [0.4, 0.5) is 0 Å². The summed E-state index contributed by atoms with van der Waals surface area (Å²) in [7, 11) is -4.18. The van der Waals surface area contributed by atoms with Crippen molar-refractivity contribution in [1.82, 2.24) is 0 Å². The molecule has 0 aromatic rings. The van der Waals surface area contributed by atoms with Crippen molar-refractivity contribution in [1.29, 1.82) is 0 Å². The second kappa shape index (κ2) is 3.81. The molecule has 82 valence electrons. The minimum Gasteiger partial charge on any atom is -0.475 e. The van der Waals surface area contributed by atoms with Crippen molar-refractivity contribution in [2.75, 3.05) is 6.61 Å². The summed E-state index contributed by atoms with van der Waals surface area (Å²) in [5.74, 6) is -4.09. The van der Waals surface area contributed by atoms with Crippen molar-refractivity contribution in [3.05, 3.63) is 0 Å². The molecule has 0 atom stereocenters. The van der Waals surface area contributed by atoms with Gasteiger partial charge in [0, 0.05) is 0 Å². The van der Waals surface area contributed by atoms with E-state index in [9.17, 15) is 13.2 Å². The van der Waals surface area contributed by atoms with Crippen molar-refractivity contribution >= 4 is 16.4 Å². The molecule has 8 heteroatoms. The van der Waals surface area contributed by atoms with Crippen LogP contribution in [-0.2, 0) is 28.3 Å². The molecule has 0 saturated carbocycles. The molecule has 1 aliphatic rings. The summed E-state index contributed by atoms with van der Waals surface area (Å²) in [4.78, 5) is 10.5. The largest absolute Gasteiger partial charge is 0.475 e. The minimum absolute atomic E-state index is 0.0539. The second-order valence-electron chi connectivity index (χ2n) is 2.64. The Labute approximate surface area is 80.9 Å². The summed E-state index contributed by atoms with van der Waals surface area (Å²) in [6, 6.07) is 0. The highest BCUT2D eigenvalue weighted by molar-refractivity contribution is 7.82. The first-order chi connectivity index (χ1) is 6.42. The lowest BCUT2D eigenvalue weighted by Crippen LogP contribution is -2.58. The van der Waals surface area contributed by atoms with E-state index in [1.807, 2.05) is 6.92 Å². The zero-order chi connectivity index (χ0) is 10.8. The Kier molecular flexibility index (Phi) is 3.10. The van der Waals surface area contributed by atoms with E-state index in [1.54, 1.807) is 0 Å². The zero-order valence-electron chi connectivity index (χ0n) is 7.43. The number of hydrogen-bond acceptors (Lipinski definition) is 6. The fraction of sp³-hybridized carbons (Fsp3) is 0.833. The van der Waals surface area contributed by atoms with E-state index in [0.29, 0.717) is 6.42 Å². The first-order valence-corrected chi connectivity index (χ1v) is 5.29. The fourth-order valence-electron chi connectivity index (χ4n) is 0.807. The fourth-order valence-corrected chi connectivity index (χ4v) is 1.60. The monoisotopic (exact) mass is 226 g/mol. The molecular weight excluding hydrogens is 216 g/mol. The third-order valence-corrected chi connectivity index (χ3v) is 2.32. The standard InChI is InChI=1S/C6H10O7S/c1-2-3-4-11-6(5(7)8)12-14(9,10)13-6/h2-4H2,1H3,(H,7,8). The van der Waals surface area contributed by atoms with Crippen LogP contribution in [0.15, 0.2) is 0 Å². The van der Waals surface area contributed by atoms with Gasteiger partial charge in [-0.2, -0.15) is 16.8 Å². The van der Waals surface area contributed by atoms with Crippen LogP contribution >= 0.6 is 0 Å². The Hall–Kier alpha value is -0.700. The van der Waals surface area contributed by atoms with E-state index in [4.69, 9.17) is 5.11 Å². The molecule has 1 rings (SSSR count). The van der Waals surface area contributed by atoms with Gasteiger partial charge in [-0.05, 0) is 6.42 Å². The predicted octanol–water partition coefficient (Wildman–Crippen LogP) is -0.167. The molecule has 1 N–H and O–H groups in total. The third-order valence-electron chi connectivity index (χ3n) is 1.48. The molecule has 0 bridgehead atoms. The smallest absolute Gasteiger partial charge is 0.419 e. The van der Waals surface area contributed by atoms with E-state index in [0.717, 1.165) is 6.42 Å². The summed E-state index contributed by atoms with van der Waals surface area (Å²) in [5.41, 5.74) is 0. The molecule has 1 fully saturated rings. The van der Waals surface area contributed by atoms with Crippen LogP contribution in [0.2, 0.25) is 0 Å². The molecule has 0 aliphatic carbocycles. The van der Waals surface area contributed by atoms with E-state index in [-0.39, 0.29) is 6.61 Å². The Morgan fingerprint density at radius 3 is 2.43 bits per heavy atom. The zero-order valence-corrected chi connectivity index (χ0v) is 8.24. The van der Waals surface area contributed by atoms with Crippen LogP contribution in [-0.4, -0.2) is 32.1 Å². The van der Waals surface area contributed by atoms with Crippen LogP contribution < -0.4 is 0 Å². The van der Waals surface area contributed by atoms with Crippen LogP contribution in [0.5, 0.6) is 0 Å². The van der Waals surface area contributed by atoms with Gasteiger partial charge in [0.15, 0.2) is 0 Å². The Bertz CT molecular complexity index is 307. The molecule has 14 heavy (non-hydrogen) atoms. The number of aliphatic carboxylic acids is 1. The summed E-state index contributed by atoms with van der Waals surface area (Å²) in [5, 5.41) is 8.58. The maximum Gasteiger partial charge on any atom is 0.419 e. The Balaban J connectivity index is 2.55. The molecule has 7 nitrogen and oxygen atoms in total. The topological polar surface area (TPSA) is 99.1 Å². The molecule has 0 unspecified atom stereocenters. The second-order valence-corrected chi connectivity index (χ2v) is 3.79. The maximum absolute atomic E-state index is 10.5. The predicted molar refractivity (Wildman–Crippen MR) is 42.3 cm³/mol. The highest BCUT2D eigenvalue weighted by atomic mass is 32.3. The first kappa shape index (κ1) is 11.4. The Morgan fingerprint density at radius 2 is 2.07 bits per heavy atom. The average Bonchev–Trinajstić information content (AvgIpc) is 2.00. The molecule has 1 saturated heterocycles. The first-order valence-electron chi connectivity index (χ1n) is 3.95. The van der Waals surface area contributed by atoms with Gasteiger partial charge < -0.3 is 9.84 Å². The molecule has 0 radical (unpaired) electrons. The van der Waals surface area contributed by atoms with Crippen LogP contribution in [0, 0.1) is 0 Å². The number of unbranched alkanes of at least 4 members (excludes halogenated alkanes) is 1. The quantitative estimate of drug-likeness (QED) is 0.650. The van der Waals surface area contributed by atoms with Crippen molar-refractivity contribution in [3.8, 4) is 0 Å². The van der Waals surface area contributed by atoms with Crippen molar-refractivity contribution in [3.63, 3.8) is 0 Å². The van der Waals surface area contributed by atoms with Gasteiger partial charge in [0.1, 0.15) is 0 Å². The lowest BCUT2D eigenvalue weighted by atomic mass is 10.4. The van der Waals surface area contributed by atoms with Gasteiger partial charge in [-0.3, -0.25) is 0 Å². The number of ether oxygens (including phenoxy) is 1. The van der Waals surface area contributed by atoms with Crippen molar-refractivity contribution in [2.24, 2.45) is 0 Å². The van der Waals surface area contributed by atoms with Gasteiger partial charge in [0.25, 0.3) is 0 Å². The summed E-state index contributed by atoms with van der Waals surface area (Å²) < 4.78 is 33.7. The number of carboxylic acid groups (broad SMARTS) is 1. The molecule has 0 amide bonds. The van der Waals surface area contributed by atoms with Crippen LogP contribution in [0.3, 0.4) is 0 Å². The molecular formula is C6H10O7S. The van der Waals surface area contributed by atoms with Crippen LogP contribution in [0.25, 0.3) is 0 Å². The van der Waals surface area contributed by atoms with Crippen molar-refractivity contribution in [2.45, 2.75) is 25.7 Å². The van der Waals surface area contributed by atoms with E-state index < -0.39 is 22.3 Å². The summed E-state index contributed by atoms with van der Waals surface area (Å²) in [6.07, 6.45) is 1.37. The van der Waals surface area contributed by atoms with Crippen molar-refractivity contribution < 1.29 is 31.4 Å². The molecule has 0 spiro atoms. The van der Waals surface area contributed by atoms with E-state index >= 15 is 0 Å². The molecule has 0 aromatic carbocycles. The lowest BCUT2D eigenvalue weighted by Gasteiger charge is -2.33. The number of hydrogen-bond donors (Lipinski definition) is 1. The highest BCUT2D eigenvalue weighted by Gasteiger charge is 2.61. The molecule has 1 heterocycles. The van der Waals surface area contributed by atoms with Gasteiger partial charge in [-0.15, -0.1) is 0 Å². The number of rotatable bonds is 5. The van der Waals surface area contributed by atoms with Gasteiger partial charge in [0.05, 0.1) is 6.61 Å². The highest BCUT2D eigenvalue weighted by Crippen LogP contribution is 2.32. The summed E-state index contributed by atoms with van der Waals surface area (Å²) in [6.45, 7) is 1.92. The molecule has 0 aromatic heterocycles. The minimum atomic E-state index is -4.18. The maximum atomic E-state index is 10.5. The SMILES string of the molecule is CCCCOC1(C(=O)O)OS(=O)(=O)O1. The van der Waals surface area contributed by atoms with Crippen LogP contribution in [0.1, 0.15) is 19.8 Å².